The van der Waals surface area contributed by atoms with Gasteiger partial charge in [-0.25, -0.2) is 0 Å². The van der Waals surface area contributed by atoms with Crippen molar-refractivity contribution in [2.45, 2.75) is 13.5 Å². The first kappa shape index (κ1) is 13.1. The number of nitrogens with zero attached hydrogens (tertiary/aromatic N) is 3. The minimum absolute atomic E-state index is 0.228. The summed E-state index contributed by atoms with van der Waals surface area (Å²) in [5.74, 6) is 1.17. The third-order valence-corrected chi connectivity index (χ3v) is 2.92. The Balaban J connectivity index is 1.69. The predicted octanol–water partition coefficient (Wildman–Crippen LogP) is 2.76. The molecular weight excluding hydrogens is 268 g/mol. The van der Waals surface area contributed by atoms with Crippen LogP contribution in [0.1, 0.15) is 11.5 Å². The molecule has 0 saturated carbocycles. The van der Waals surface area contributed by atoms with Crippen LogP contribution in [0.25, 0.3) is 11.5 Å². The van der Waals surface area contributed by atoms with Gasteiger partial charge in [-0.05, 0) is 48.9 Å². The second-order valence-electron chi connectivity index (χ2n) is 4.63. The number of phenols is 1. The number of aromatic hydroxyl groups is 1. The van der Waals surface area contributed by atoms with Crippen LogP contribution in [0.4, 0.5) is 5.69 Å². The minimum Gasteiger partial charge on any atom is -0.508 e. The van der Waals surface area contributed by atoms with E-state index in [2.05, 4.69) is 20.4 Å². The molecule has 0 unspecified atom stereocenters. The molecule has 0 amide bonds. The van der Waals surface area contributed by atoms with Crippen LogP contribution in [-0.2, 0) is 6.54 Å². The van der Waals surface area contributed by atoms with Crippen LogP contribution in [0.2, 0.25) is 0 Å². The lowest BCUT2D eigenvalue weighted by Gasteiger charge is -2.02. The van der Waals surface area contributed by atoms with E-state index in [1.54, 1.807) is 30.5 Å². The van der Waals surface area contributed by atoms with E-state index in [-0.39, 0.29) is 5.75 Å². The predicted molar refractivity (Wildman–Crippen MR) is 77.7 cm³/mol. The van der Waals surface area contributed by atoms with Gasteiger partial charge < -0.3 is 14.9 Å². The molecule has 21 heavy (non-hydrogen) atoms. The van der Waals surface area contributed by atoms with Gasteiger partial charge in [0.15, 0.2) is 0 Å². The normalized spacial score (nSPS) is 10.5. The van der Waals surface area contributed by atoms with Crippen molar-refractivity contribution in [3.05, 3.63) is 54.0 Å². The molecule has 0 fully saturated rings. The highest BCUT2D eigenvalue weighted by Gasteiger charge is 2.09. The average molecular weight is 282 g/mol. The monoisotopic (exact) mass is 282 g/mol. The first-order chi connectivity index (χ1) is 10.2. The summed E-state index contributed by atoms with van der Waals surface area (Å²) in [6.45, 7) is 2.39. The minimum atomic E-state index is 0.228. The standard InChI is InChI=1S/C15H14N4O2/c1-10-6-7-16-13(8-10)15-18-14(21-19-15)9-17-11-2-4-12(20)5-3-11/h2-8,17,20H,9H2,1H3. The Morgan fingerprint density at radius 3 is 2.76 bits per heavy atom. The summed E-state index contributed by atoms with van der Waals surface area (Å²) in [4.78, 5) is 8.52. The van der Waals surface area contributed by atoms with E-state index in [0.717, 1.165) is 11.3 Å². The molecule has 0 spiro atoms. The quantitative estimate of drug-likeness (QED) is 0.716. The third-order valence-electron chi connectivity index (χ3n) is 2.92. The van der Waals surface area contributed by atoms with E-state index in [1.165, 1.54) is 0 Å². The van der Waals surface area contributed by atoms with Crippen molar-refractivity contribution in [3.63, 3.8) is 0 Å². The Morgan fingerprint density at radius 1 is 1.19 bits per heavy atom. The van der Waals surface area contributed by atoms with Crippen molar-refractivity contribution in [3.8, 4) is 17.3 Å². The van der Waals surface area contributed by atoms with Gasteiger partial charge in [-0.15, -0.1) is 0 Å². The number of pyridine rings is 1. The Kier molecular flexibility index (Phi) is 3.51. The zero-order valence-electron chi connectivity index (χ0n) is 11.4. The SMILES string of the molecule is Cc1ccnc(-c2noc(CNc3ccc(O)cc3)n2)c1. The molecule has 0 radical (unpaired) electrons. The van der Waals surface area contributed by atoms with Crippen LogP contribution < -0.4 is 5.32 Å². The summed E-state index contributed by atoms with van der Waals surface area (Å²) in [6.07, 6.45) is 1.72. The average Bonchev–Trinajstić information content (AvgIpc) is 2.96. The Bertz CT molecular complexity index is 737. The van der Waals surface area contributed by atoms with Crippen molar-refractivity contribution in [1.29, 1.82) is 0 Å². The van der Waals surface area contributed by atoms with Gasteiger partial charge in [0.25, 0.3) is 0 Å². The maximum Gasteiger partial charge on any atom is 0.246 e. The topological polar surface area (TPSA) is 84.1 Å². The number of phenolic OH excluding ortho intramolecular Hbond substituents is 1. The van der Waals surface area contributed by atoms with Crippen LogP contribution in [0.3, 0.4) is 0 Å². The maximum absolute atomic E-state index is 9.22. The van der Waals surface area contributed by atoms with Gasteiger partial charge in [-0.3, -0.25) is 4.98 Å². The van der Waals surface area contributed by atoms with Crippen molar-refractivity contribution in [1.82, 2.24) is 15.1 Å². The molecule has 0 aliphatic heterocycles. The second kappa shape index (κ2) is 5.62. The molecule has 2 heterocycles. The van der Waals surface area contributed by atoms with E-state index in [9.17, 15) is 5.11 Å². The summed E-state index contributed by atoms with van der Waals surface area (Å²) in [5, 5.41) is 16.3. The van der Waals surface area contributed by atoms with Gasteiger partial charge in [0.2, 0.25) is 11.7 Å². The number of nitrogens with one attached hydrogen (secondary N) is 1. The molecule has 6 heteroatoms. The van der Waals surface area contributed by atoms with Crippen LogP contribution >= 0.6 is 0 Å². The molecular formula is C15H14N4O2. The summed E-state index contributed by atoms with van der Waals surface area (Å²) in [5.41, 5.74) is 2.64. The highest BCUT2D eigenvalue weighted by Crippen LogP contribution is 2.16. The van der Waals surface area contributed by atoms with Gasteiger partial charge in [-0.1, -0.05) is 5.16 Å². The van der Waals surface area contributed by atoms with Crippen LogP contribution in [0, 0.1) is 6.92 Å². The number of hydrogen-bond donors (Lipinski definition) is 2. The smallest absolute Gasteiger partial charge is 0.246 e. The fraction of sp³-hybridized carbons (Fsp3) is 0.133. The van der Waals surface area contributed by atoms with E-state index in [0.29, 0.717) is 24.0 Å². The molecule has 106 valence electrons. The second-order valence-corrected chi connectivity index (χ2v) is 4.63. The first-order valence-corrected chi connectivity index (χ1v) is 6.49. The number of aryl methyl sites for hydroxylation is 1. The molecule has 3 rings (SSSR count). The summed E-state index contributed by atoms with van der Waals surface area (Å²) in [7, 11) is 0. The highest BCUT2D eigenvalue weighted by atomic mass is 16.5. The Labute approximate surface area is 121 Å². The first-order valence-electron chi connectivity index (χ1n) is 6.49. The highest BCUT2D eigenvalue weighted by molar-refractivity contribution is 5.49. The Hall–Kier alpha value is -2.89. The van der Waals surface area contributed by atoms with E-state index < -0.39 is 0 Å². The number of rotatable bonds is 4. The van der Waals surface area contributed by atoms with Crippen LogP contribution in [0.15, 0.2) is 47.1 Å². The summed E-state index contributed by atoms with van der Waals surface area (Å²) >= 11 is 0. The lowest BCUT2D eigenvalue weighted by atomic mass is 10.2. The number of hydrogen-bond acceptors (Lipinski definition) is 6. The van der Waals surface area contributed by atoms with Crippen LogP contribution in [0.5, 0.6) is 5.75 Å². The Morgan fingerprint density at radius 2 is 2.00 bits per heavy atom. The van der Waals surface area contributed by atoms with Crippen molar-refractivity contribution in [2.75, 3.05) is 5.32 Å². The lowest BCUT2D eigenvalue weighted by Crippen LogP contribution is -1.99. The van der Waals surface area contributed by atoms with Gasteiger partial charge in [0.05, 0.1) is 6.54 Å². The maximum atomic E-state index is 9.22. The molecule has 2 N–H and O–H groups in total. The zero-order chi connectivity index (χ0) is 14.7. The molecule has 1 aromatic carbocycles. The molecule has 0 bridgehead atoms. The van der Waals surface area contributed by atoms with Gasteiger partial charge >= 0.3 is 0 Å². The van der Waals surface area contributed by atoms with Crippen LogP contribution in [-0.4, -0.2) is 20.2 Å². The lowest BCUT2D eigenvalue weighted by molar-refractivity contribution is 0.384. The van der Waals surface area contributed by atoms with Gasteiger partial charge in [-0.2, -0.15) is 4.98 Å². The molecule has 2 aromatic heterocycles. The molecule has 0 saturated heterocycles. The molecule has 3 aromatic rings. The van der Waals surface area contributed by atoms with Crippen molar-refractivity contribution >= 4 is 5.69 Å². The van der Waals surface area contributed by atoms with Gasteiger partial charge in [0.1, 0.15) is 11.4 Å². The fourth-order valence-corrected chi connectivity index (χ4v) is 1.85. The zero-order valence-corrected chi connectivity index (χ0v) is 11.4. The van der Waals surface area contributed by atoms with E-state index in [1.807, 2.05) is 19.1 Å². The number of benzene rings is 1. The van der Waals surface area contributed by atoms with E-state index >= 15 is 0 Å². The molecule has 0 atom stereocenters. The number of anilines is 1. The van der Waals surface area contributed by atoms with Crippen molar-refractivity contribution in [2.24, 2.45) is 0 Å². The van der Waals surface area contributed by atoms with Crippen molar-refractivity contribution < 1.29 is 9.63 Å². The largest absolute Gasteiger partial charge is 0.508 e. The summed E-state index contributed by atoms with van der Waals surface area (Å²) in [6, 6.07) is 10.6. The van der Waals surface area contributed by atoms with E-state index in [4.69, 9.17) is 4.52 Å². The number of aromatic nitrogens is 3. The third kappa shape index (κ3) is 3.17. The fourth-order valence-electron chi connectivity index (χ4n) is 1.85. The molecule has 0 aliphatic carbocycles. The molecule has 0 aliphatic rings. The summed E-state index contributed by atoms with van der Waals surface area (Å²) < 4.78 is 5.19. The van der Waals surface area contributed by atoms with Gasteiger partial charge in [0, 0.05) is 11.9 Å². The molecule has 6 nitrogen and oxygen atoms in total.